The van der Waals surface area contributed by atoms with E-state index in [1.54, 1.807) is 6.07 Å². The summed E-state index contributed by atoms with van der Waals surface area (Å²) in [7, 11) is 1.19. The van der Waals surface area contributed by atoms with E-state index in [0.717, 1.165) is 6.07 Å². The van der Waals surface area contributed by atoms with E-state index in [1.807, 2.05) is 0 Å². The second-order valence-corrected chi connectivity index (χ2v) is 3.15. The maximum absolute atomic E-state index is 12.1. The predicted molar refractivity (Wildman–Crippen MR) is 53.9 cm³/mol. The molecule has 17 heavy (non-hydrogen) atoms. The van der Waals surface area contributed by atoms with E-state index in [-0.39, 0.29) is 22.4 Å². The number of hydrogen-bond acceptors (Lipinski definition) is 4. The van der Waals surface area contributed by atoms with Gasteiger partial charge in [-0.1, -0.05) is 0 Å². The molecule has 0 saturated carbocycles. The number of carbonyl (C=O) groups excluding carboxylic acids is 1. The Morgan fingerprint density at radius 1 is 1.47 bits per heavy atom. The molecule has 1 aromatic carbocycles. The first-order chi connectivity index (χ1) is 7.99. The summed E-state index contributed by atoms with van der Waals surface area (Å²) in [4.78, 5) is 11.2. The lowest BCUT2D eigenvalue weighted by Crippen LogP contribution is -2.08. The van der Waals surface area contributed by atoms with Gasteiger partial charge in [-0.2, -0.15) is 14.0 Å². The third-order valence-electron chi connectivity index (χ3n) is 2.02. The number of methoxy groups -OCH3 is 1. The van der Waals surface area contributed by atoms with Crippen molar-refractivity contribution >= 4 is 5.97 Å². The molecule has 0 amide bonds. The first-order valence-corrected chi connectivity index (χ1v) is 4.57. The lowest BCUT2D eigenvalue weighted by molar-refractivity contribution is -0.0504. The molecule has 0 unspecified atom stereocenters. The van der Waals surface area contributed by atoms with Crippen LogP contribution in [0.4, 0.5) is 8.78 Å². The standard InChI is InChI=1S/C11H9F2NO3/c1-6-3-7(10(15)16-2)4-8(5-14)9(6)17-11(12)13/h3-4,11H,1-2H3. The number of aryl methyl sites for hydroxylation is 1. The second kappa shape index (κ2) is 5.25. The zero-order chi connectivity index (χ0) is 13.0. The number of nitriles is 1. The zero-order valence-corrected chi connectivity index (χ0v) is 9.16. The van der Waals surface area contributed by atoms with Gasteiger partial charge in [0.25, 0.3) is 0 Å². The average molecular weight is 241 g/mol. The van der Waals surface area contributed by atoms with Crippen LogP contribution >= 0.6 is 0 Å². The molecule has 90 valence electrons. The molecule has 0 spiro atoms. The predicted octanol–water partition coefficient (Wildman–Crippen LogP) is 2.25. The summed E-state index contributed by atoms with van der Waals surface area (Å²) >= 11 is 0. The minimum absolute atomic E-state index is 0.114. The molecular formula is C11H9F2NO3. The number of esters is 1. The number of ether oxygens (including phenoxy) is 2. The largest absolute Gasteiger partial charge is 0.465 e. The van der Waals surface area contributed by atoms with Gasteiger partial charge in [0.2, 0.25) is 0 Å². The molecule has 1 rings (SSSR count). The molecule has 4 nitrogen and oxygen atoms in total. The monoisotopic (exact) mass is 241 g/mol. The lowest BCUT2D eigenvalue weighted by Gasteiger charge is -2.11. The molecule has 0 aliphatic heterocycles. The lowest BCUT2D eigenvalue weighted by atomic mass is 10.1. The van der Waals surface area contributed by atoms with Crippen LogP contribution in [-0.4, -0.2) is 19.7 Å². The highest BCUT2D eigenvalue weighted by molar-refractivity contribution is 5.90. The van der Waals surface area contributed by atoms with Crippen molar-refractivity contribution in [1.82, 2.24) is 0 Å². The van der Waals surface area contributed by atoms with Crippen LogP contribution in [0, 0.1) is 18.3 Å². The summed E-state index contributed by atoms with van der Waals surface area (Å²) < 4.78 is 32.9. The molecular weight excluding hydrogens is 232 g/mol. The Labute approximate surface area is 96.4 Å². The van der Waals surface area contributed by atoms with Gasteiger partial charge in [0.1, 0.15) is 11.8 Å². The van der Waals surface area contributed by atoms with Crippen molar-refractivity contribution in [2.24, 2.45) is 0 Å². The molecule has 0 aromatic heterocycles. The van der Waals surface area contributed by atoms with Gasteiger partial charge < -0.3 is 9.47 Å². The first kappa shape index (κ1) is 12.9. The van der Waals surface area contributed by atoms with E-state index in [0.29, 0.717) is 0 Å². The van der Waals surface area contributed by atoms with E-state index in [4.69, 9.17) is 5.26 Å². The van der Waals surface area contributed by atoms with Crippen LogP contribution in [0.2, 0.25) is 0 Å². The van der Waals surface area contributed by atoms with Crippen molar-refractivity contribution in [2.75, 3.05) is 7.11 Å². The summed E-state index contributed by atoms with van der Waals surface area (Å²) in [6.45, 7) is -1.56. The van der Waals surface area contributed by atoms with Gasteiger partial charge in [0.15, 0.2) is 0 Å². The quantitative estimate of drug-likeness (QED) is 0.761. The number of rotatable bonds is 3. The van der Waals surface area contributed by atoms with Crippen LogP contribution in [0.1, 0.15) is 21.5 Å². The van der Waals surface area contributed by atoms with Crippen molar-refractivity contribution in [2.45, 2.75) is 13.5 Å². The molecule has 6 heteroatoms. The Balaban J connectivity index is 3.27. The van der Waals surface area contributed by atoms with Crippen LogP contribution in [0.5, 0.6) is 5.75 Å². The molecule has 0 heterocycles. The van der Waals surface area contributed by atoms with Crippen molar-refractivity contribution in [3.8, 4) is 11.8 Å². The Morgan fingerprint density at radius 3 is 2.59 bits per heavy atom. The number of carbonyl (C=O) groups is 1. The van der Waals surface area contributed by atoms with Crippen molar-refractivity contribution in [3.63, 3.8) is 0 Å². The van der Waals surface area contributed by atoms with E-state index >= 15 is 0 Å². The van der Waals surface area contributed by atoms with Crippen molar-refractivity contribution in [3.05, 3.63) is 28.8 Å². The molecule has 0 N–H and O–H groups in total. The third kappa shape index (κ3) is 2.91. The summed E-state index contributed by atoms with van der Waals surface area (Å²) in [6, 6.07) is 4.17. The second-order valence-electron chi connectivity index (χ2n) is 3.15. The van der Waals surface area contributed by atoms with Gasteiger partial charge in [-0.25, -0.2) is 4.79 Å². The number of hydrogen-bond donors (Lipinski definition) is 0. The average Bonchev–Trinajstić information content (AvgIpc) is 2.29. The van der Waals surface area contributed by atoms with Crippen molar-refractivity contribution < 1.29 is 23.0 Å². The highest BCUT2D eigenvalue weighted by atomic mass is 19.3. The van der Waals surface area contributed by atoms with Gasteiger partial charge in [0, 0.05) is 0 Å². The van der Waals surface area contributed by atoms with Gasteiger partial charge in [-0.15, -0.1) is 0 Å². The Bertz CT molecular complexity index is 480. The summed E-state index contributed by atoms with van der Waals surface area (Å²) in [5.74, 6) is -0.872. The van der Waals surface area contributed by atoms with Crippen molar-refractivity contribution in [1.29, 1.82) is 5.26 Å². The Kier molecular flexibility index (Phi) is 3.99. The summed E-state index contributed by atoms with van der Waals surface area (Å²) in [6.07, 6.45) is 0. The zero-order valence-electron chi connectivity index (χ0n) is 9.16. The van der Waals surface area contributed by atoms with Gasteiger partial charge in [-0.3, -0.25) is 0 Å². The SMILES string of the molecule is COC(=O)c1cc(C)c(OC(F)F)c(C#N)c1. The summed E-state index contributed by atoms with van der Waals surface area (Å²) in [5, 5.41) is 8.81. The maximum atomic E-state index is 12.1. The minimum Gasteiger partial charge on any atom is -0.465 e. The van der Waals surface area contributed by atoms with E-state index in [9.17, 15) is 13.6 Å². The number of benzene rings is 1. The van der Waals surface area contributed by atoms with Crippen LogP contribution in [-0.2, 0) is 4.74 Å². The van der Waals surface area contributed by atoms with Gasteiger partial charge >= 0.3 is 12.6 Å². The molecule has 0 fully saturated rings. The van der Waals surface area contributed by atoms with Crippen LogP contribution in [0.15, 0.2) is 12.1 Å². The topological polar surface area (TPSA) is 59.3 Å². The maximum Gasteiger partial charge on any atom is 0.387 e. The fourth-order valence-corrected chi connectivity index (χ4v) is 1.34. The van der Waals surface area contributed by atoms with Crippen LogP contribution in [0.25, 0.3) is 0 Å². The number of halogens is 2. The molecule has 0 aliphatic carbocycles. The van der Waals surface area contributed by atoms with E-state index < -0.39 is 12.6 Å². The Hall–Kier alpha value is -2.16. The Morgan fingerprint density at radius 2 is 2.12 bits per heavy atom. The number of alkyl halides is 2. The molecule has 0 saturated heterocycles. The molecule has 0 atom stereocenters. The van der Waals surface area contributed by atoms with Crippen LogP contribution < -0.4 is 4.74 Å². The fraction of sp³-hybridized carbons (Fsp3) is 0.273. The molecule has 0 bridgehead atoms. The fourth-order valence-electron chi connectivity index (χ4n) is 1.34. The summed E-state index contributed by atoms with van der Waals surface area (Å²) in [5.41, 5.74) is 0.249. The first-order valence-electron chi connectivity index (χ1n) is 4.57. The minimum atomic E-state index is -3.02. The third-order valence-corrected chi connectivity index (χ3v) is 2.02. The van der Waals surface area contributed by atoms with E-state index in [1.165, 1.54) is 20.1 Å². The van der Waals surface area contributed by atoms with Gasteiger partial charge in [-0.05, 0) is 24.6 Å². The van der Waals surface area contributed by atoms with E-state index in [2.05, 4.69) is 9.47 Å². The van der Waals surface area contributed by atoms with Gasteiger partial charge in [0.05, 0.1) is 18.2 Å². The normalized spacial score (nSPS) is 9.88. The smallest absolute Gasteiger partial charge is 0.387 e. The molecule has 0 aliphatic rings. The molecule has 1 aromatic rings. The number of nitrogens with zero attached hydrogens (tertiary/aromatic N) is 1. The highest BCUT2D eigenvalue weighted by Gasteiger charge is 2.16. The van der Waals surface area contributed by atoms with Crippen LogP contribution in [0.3, 0.4) is 0 Å². The molecule has 0 radical (unpaired) electrons. The highest BCUT2D eigenvalue weighted by Crippen LogP contribution is 2.26.